The quantitative estimate of drug-likeness (QED) is 0.769. The Kier molecular flexibility index (Phi) is 2.54. The van der Waals surface area contributed by atoms with Gasteiger partial charge in [-0.05, 0) is 38.0 Å². The molecule has 2 heteroatoms. The zero-order valence-electron chi connectivity index (χ0n) is 9.76. The van der Waals surface area contributed by atoms with Gasteiger partial charge in [0.15, 0.2) is 0 Å². The minimum absolute atomic E-state index is 0.761. The zero-order chi connectivity index (χ0) is 11.7. The number of nitriles is 1. The first-order valence-corrected chi connectivity index (χ1v) is 5.29. The lowest BCUT2D eigenvalue weighted by Gasteiger charge is -2.01. The van der Waals surface area contributed by atoms with E-state index in [2.05, 4.69) is 36.2 Å². The average molecular weight is 210 g/mol. The minimum atomic E-state index is 0.761. The molecule has 0 aliphatic carbocycles. The Bertz CT molecular complexity index is 571. The summed E-state index contributed by atoms with van der Waals surface area (Å²) in [6, 6.07) is 10.5. The van der Waals surface area contributed by atoms with Crippen LogP contribution in [-0.4, -0.2) is 4.98 Å². The number of benzene rings is 1. The van der Waals surface area contributed by atoms with Gasteiger partial charge in [-0.3, -0.25) is 0 Å². The van der Waals surface area contributed by atoms with Crippen molar-refractivity contribution in [3.05, 3.63) is 46.6 Å². The molecule has 1 aromatic carbocycles. The molecule has 0 amide bonds. The third-order valence-electron chi connectivity index (χ3n) is 2.86. The summed E-state index contributed by atoms with van der Waals surface area (Å²) < 4.78 is 0. The smallest absolute Gasteiger partial charge is 0.101 e. The Hall–Kier alpha value is -2.01. The number of aromatic nitrogens is 1. The van der Waals surface area contributed by atoms with E-state index in [0.29, 0.717) is 0 Å². The van der Waals surface area contributed by atoms with Crippen molar-refractivity contribution in [2.45, 2.75) is 20.8 Å². The summed E-state index contributed by atoms with van der Waals surface area (Å²) in [5.41, 5.74) is 6.15. The summed E-state index contributed by atoms with van der Waals surface area (Å²) in [6.45, 7) is 5.99. The second-order valence-corrected chi connectivity index (χ2v) is 4.11. The normalized spacial score (nSPS) is 10.1. The highest BCUT2D eigenvalue weighted by Crippen LogP contribution is 2.27. The van der Waals surface area contributed by atoms with Gasteiger partial charge in [0.05, 0.1) is 5.56 Å². The van der Waals surface area contributed by atoms with Crippen molar-refractivity contribution in [1.29, 1.82) is 5.26 Å². The van der Waals surface area contributed by atoms with Crippen molar-refractivity contribution in [2.75, 3.05) is 0 Å². The summed E-state index contributed by atoms with van der Waals surface area (Å²) in [4.78, 5) is 3.28. The Morgan fingerprint density at radius 1 is 1.19 bits per heavy atom. The molecule has 2 rings (SSSR count). The fourth-order valence-electron chi connectivity index (χ4n) is 2.01. The van der Waals surface area contributed by atoms with Crippen molar-refractivity contribution < 1.29 is 0 Å². The van der Waals surface area contributed by atoms with Crippen LogP contribution in [0.1, 0.15) is 22.4 Å². The van der Waals surface area contributed by atoms with Gasteiger partial charge < -0.3 is 4.98 Å². The van der Waals surface area contributed by atoms with Gasteiger partial charge in [0.1, 0.15) is 6.07 Å². The van der Waals surface area contributed by atoms with Crippen LogP contribution in [0, 0.1) is 32.1 Å². The second-order valence-electron chi connectivity index (χ2n) is 4.11. The monoisotopic (exact) mass is 210 g/mol. The van der Waals surface area contributed by atoms with Crippen LogP contribution in [0.5, 0.6) is 0 Å². The van der Waals surface area contributed by atoms with Gasteiger partial charge in [-0.15, -0.1) is 0 Å². The fourth-order valence-corrected chi connectivity index (χ4v) is 2.01. The summed E-state index contributed by atoms with van der Waals surface area (Å²) in [7, 11) is 0. The first kappa shape index (κ1) is 10.5. The first-order valence-electron chi connectivity index (χ1n) is 5.29. The molecule has 0 aliphatic rings. The number of hydrogen-bond acceptors (Lipinski definition) is 1. The standard InChI is InChI=1S/C14H14N2/c1-9-5-4-6-12(7-9)14-10(2)13(8-15)11(3)16-14/h4-7,16H,1-3H3. The lowest BCUT2D eigenvalue weighted by molar-refractivity contribution is 1.25. The van der Waals surface area contributed by atoms with Crippen LogP contribution in [-0.2, 0) is 0 Å². The highest BCUT2D eigenvalue weighted by molar-refractivity contribution is 5.68. The summed E-state index contributed by atoms with van der Waals surface area (Å²) in [5.74, 6) is 0. The van der Waals surface area contributed by atoms with E-state index in [9.17, 15) is 0 Å². The van der Waals surface area contributed by atoms with Gasteiger partial charge in [-0.2, -0.15) is 5.26 Å². The van der Waals surface area contributed by atoms with E-state index < -0.39 is 0 Å². The predicted octanol–water partition coefficient (Wildman–Crippen LogP) is 3.48. The molecule has 0 aliphatic heterocycles. The molecule has 0 atom stereocenters. The van der Waals surface area contributed by atoms with Crippen molar-refractivity contribution in [1.82, 2.24) is 4.98 Å². The molecule has 0 fully saturated rings. The molecule has 2 aromatic rings. The highest BCUT2D eigenvalue weighted by atomic mass is 14.7. The van der Waals surface area contributed by atoms with Crippen LogP contribution in [0.4, 0.5) is 0 Å². The molecule has 0 unspecified atom stereocenters. The number of rotatable bonds is 1. The molecule has 1 aromatic heterocycles. The Labute approximate surface area is 95.6 Å². The van der Waals surface area contributed by atoms with Crippen LogP contribution >= 0.6 is 0 Å². The second kappa shape index (κ2) is 3.86. The van der Waals surface area contributed by atoms with E-state index >= 15 is 0 Å². The average Bonchev–Trinajstić information content (AvgIpc) is 2.54. The summed E-state index contributed by atoms with van der Waals surface area (Å²) in [5, 5.41) is 9.04. The maximum atomic E-state index is 9.04. The van der Waals surface area contributed by atoms with Crippen molar-refractivity contribution >= 4 is 0 Å². The number of nitrogens with zero attached hydrogens (tertiary/aromatic N) is 1. The topological polar surface area (TPSA) is 39.6 Å². The van der Waals surface area contributed by atoms with Crippen LogP contribution in [0.2, 0.25) is 0 Å². The van der Waals surface area contributed by atoms with Crippen molar-refractivity contribution in [3.63, 3.8) is 0 Å². The third kappa shape index (κ3) is 1.61. The van der Waals surface area contributed by atoms with Crippen molar-refractivity contribution in [3.8, 4) is 17.3 Å². The molecule has 0 bridgehead atoms. The Balaban J connectivity index is 2.62. The van der Waals surface area contributed by atoms with Gasteiger partial charge in [-0.1, -0.05) is 23.8 Å². The zero-order valence-corrected chi connectivity index (χ0v) is 9.76. The highest BCUT2D eigenvalue weighted by Gasteiger charge is 2.11. The lowest BCUT2D eigenvalue weighted by Crippen LogP contribution is -1.82. The molecule has 0 saturated heterocycles. The van der Waals surface area contributed by atoms with Crippen LogP contribution in [0.15, 0.2) is 24.3 Å². The van der Waals surface area contributed by atoms with Gasteiger partial charge in [-0.25, -0.2) is 0 Å². The largest absolute Gasteiger partial charge is 0.357 e. The molecule has 0 radical (unpaired) electrons. The number of hydrogen-bond donors (Lipinski definition) is 1. The van der Waals surface area contributed by atoms with Crippen LogP contribution < -0.4 is 0 Å². The van der Waals surface area contributed by atoms with Gasteiger partial charge in [0.25, 0.3) is 0 Å². The lowest BCUT2D eigenvalue weighted by atomic mass is 10.0. The van der Waals surface area contributed by atoms with E-state index in [1.54, 1.807) is 0 Å². The number of aryl methyl sites for hydroxylation is 2. The number of H-pyrrole nitrogens is 1. The Morgan fingerprint density at radius 2 is 1.94 bits per heavy atom. The summed E-state index contributed by atoms with van der Waals surface area (Å²) >= 11 is 0. The van der Waals surface area contributed by atoms with E-state index in [1.165, 1.54) is 5.56 Å². The SMILES string of the molecule is Cc1cccc(-c2[nH]c(C)c(C#N)c2C)c1. The molecule has 1 N–H and O–H groups in total. The van der Waals surface area contributed by atoms with Crippen molar-refractivity contribution in [2.24, 2.45) is 0 Å². The third-order valence-corrected chi connectivity index (χ3v) is 2.86. The molecule has 16 heavy (non-hydrogen) atoms. The van der Waals surface area contributed by atoms with Gasteiger partial charge >= 0.3 is 0 Å². The first-order chi connectivity index (χ1) is 7.63. The number of aromatic amines is 1. The van der Waals surface area contributed by atoms with E-state index in [0.717, 1.165) is 28.1 Å². The Morgan fingerprint density at radius 3 is 2.50 bits per heavy atom. The predicted molar refractivity (Wildman–Crippen MR) is 65.2 cm³/mol. The maximum Gasteiger partial charge on any atom is 0.101 e. The molecule has 0 spiro atoms. The molecular weight excluding hydrogens is 196 g/mol. The summed E-state index contributed by atoms with van der Waals surface area (Å²) in [6.07, 6.45) is 0. The molecular formula is C14H14N2. The van der Waals surface area contributed by atoms with Gasteiger partial charge in [0.2, 0.25) is 0 Å². The molecule has 80 valence electrons. The van der Waals surface area contributed by atoms with E-state index in [1.807, 2.05) is 19.9 Å². The molecule has 0 saturated carbocycles. The van der Waals surface area contributed by atoms with E-state index in [4.69, 9.17) is 5.26 Å². The van der Waals surface area contributed by atoms with Crippen LogP contribution in [0.3, 0.4) is 0 Å². The molecule has 1 heterocycles. The minimum Gasteiger partial charge on any atom is -0.357 e. The van der Waals surface area contributed by atoms with Crippen LogP contribution in [0.25, 0.3) is 11.3 Å². The van der Waals surface area contributed by atoms with E-state index in [-0.39, 0.29) is 0 Å². The molecule has 2 nitrogen and oxygen atoms in total. The van der Waals surface area contributed by atoms with Gasteiger partial charge in [0, 0.05) is 11.4 Å². The fraction of sp³-hybridized carbons (Fsp3) is 0.214. The number of nitrogens with one attached hydrogen (secondary N) is 1. The maximum absolute atomic E-state index is 9.04.